The zero-order valence-electron chi connectivity index (χ0n) is 18.4. The lowest BCUT2D eigenvalue weighted by molar-refractivity contribution is -0.0465. The van der Waals surface area contributed by atoms with Crippen LogP contribution in [0.2, 0.25) is 0 Å². The molecule has 2 aliphatic heterocycles. The molecule has 8 heteroatoms. The Hall–Kier alpha value is -3.39. The molecule has 4 heterocycles. The van der Waals surface area contributed by atoms with Crippen LogP contribution in [0.5, 0.6) is 0 Å². The van der Waals surface area contributed by atoms with Crippen LogP contribution in [0.3, 0.4) is 0 Å². The van der Waals surface area contributed by atoms with Crippen LogP contribution in [0.4, 0.5) is 20.2 Å². The van der Waals surface area contributed by atoms with Crippen molar-refractivity contribution in [3.8, 4) is 11.1 Å². The molecule has 0 saturated carbocycles. The first kappa shape index (κ1) is 21.5. The van der Waals surface area contributed by atoms with Gasteiger partial charge in [-0.1, -0.05) is 6.07 Å². The summed E-state index contributed by atoms with van der Waals surface area (Å²) in [4.78, 5) is 23.0. The van der Waals surface area contributed by atoms with Gasteiger partial charge in [0.2, 0.25) is 0 Å². The number of alkyl halides is 2. The van der Waals surface area contributed by atoms with E-state index in [4.69, 9.17) is 4.74 Å². The quantitative estimate of drug-likeness (QED) is 0.626. The minimum Gasteiger partial charge on any atom is -0.377 e. The number of hydrogen-bond donors (Lipinski definition) is 1. The molecule has 0 aliphatic carbocycles. The van der Waals surface area contributed by atoms with Gasteiger partial charge in [-0.3, -0.25) is 14.8 Å². The van der Waals surface area contributed by atoms with Gasteiger partial charge in [0, 0.05) is 47.9 Å². The molecule has 0 bridgehead atoms. The van der Waals surface area contributed by atoms with Gasteiger partial charge in [-0.05, 0) is 55.3 Å². The summed E-state index contributed by atoms with van der Waals surface area (Å²) < 4.78 is 35.0. The predicted molar refractivity (Wildman–Crippen MR) is 122 cm³/mol. The van der Waals surface area contributed by atoms with Crippen LogP contribution in [0.1, 0.15) is 33.7 Å². The largest absolute Gasteiger partial charge is 0.377 e. The number of aromatic nitrogens is 2. The number of halogens is 2. The van der Waals surface area contributed by atoms with E-state index in [9.17, 15) is 13.6 Å². The van der Waals surface area contributed by atoms with Gasteiger partial charge < -0.3 is 15.0 Å². The van der Waals surface area contributed by atoms with Gasteiger partial charge in [0.15, 0.2) is 0 Å². The maximum atomic E-state index is 14.8. The number of benzene rings is 1. The topological polar surface area (TPSA) is 67.4 Å². The first-order valence-electron chi connectivity index (χ1n) is 10.9. The maximum absolute atomic E-state index is 14.8. The van der Waals surface area contributed by atoms with Gasteiger partial charge in [0.1, 0.15) is 5.69 Å². The Morgan fingerprint density at radius 3 is 2.85 bits per heavy atom. The molecule has 2 aromatic heterocycles. The number of pyridine rings is 2. The van der Waals surface area contributed by atoms with Crippen molar-refractivity contribution in [2.45, 2.75) is 32.2 Å². The summed E-state index contributed by atoms with van der Waals surface area (Å²) in [5.74, 6) is -3.24. The second-order valence-electron chi connectivity index (χ2n) is 8.59. The van der Waals surface area contributed by atoms with Crippen molar-refractivity contribution in [1.82, 2.24) is 9.97 Å². The minimum atomic E-state index is -3.00. The lowest BCUT2D eigenvalue weighted by atomic mass is 9.93. The third-order valence-corrected chi connectivity index (χ3v) is 6.21. The van der Waals surface area contributed by atoms with E-state index in [0.29, 0.717) is 30.1 Å². The Kier molecular flexibility index (Phi) is 5.32. The number of carbonyl (C=O) groups excluding carboxylic acids is 1. The molecule has 5 rings (SSSR count). The third-order valence-electron chi connectivity index (χ3n) is 6.21. The molecule has 1 amide bonds. The molecule has 1 fully saturated rings. The lowest BCUT2D eigenvalue weighted by Crippen LogP contribution is -2.51. The fraction of sp³-hybridized carbons (Fsp3) is 0.320. The van der Waals surface area contributed by atoms with Crippen LogP contribution in [0.25, 0.3) is 11.1 Å². The van der Waals surface area contributed by atoms with E-state index >= 15 is 0 Å². The number of amides is 1. The Morgan fingerprint density at radius 1 is 1.18 bits per heavy atom. The van der Waals surface area contributed by atoms with Crippen LogP contribution in [-0.2, 0) is 10.7 Å². The Bertz CT molecular complexity index is 1230. The smallest absolute Gasteiger partial charge is 0.293 e. The van der Waals surface area contributed by atoms with Crippen LogP contribution < -0.4 is 10.2 Å². The maximum Gasteiger partial charge on any atom is 0.293 e. The van der Waals surface area contributed by atoms with E-state index < -0.39 is 5.92 Å². The van der Waals surface area contributed by atoms with E-state index in [2.05, 4.69) is 15.3 Å². The van der Waals surface area contributed by atoms with Crippen LogP contribution in [0.15, 0.2) is 48.8 Å². The van der Waals surface area contributed by atoms with E-state index in [1.54, 1.807) is 24.4 Å². The average Bonchev–Trinajstić information content (AvgIpc) is 2.80. The summed E-state index contributed by atoms with van der Waals surface area (Å²) in [6, 6.07) is 10.4. The van der Waals surface area contributed by atoms with Gasteiger partial charge in [0.25, 0.3) is 11.8 Å². The highest BCUT2D eigenvalue weighted by molar-refractivity contribution is 6.04. The lowest BCUT2D eigenvalue weighted by Gasteiger charge is -2.44. The summed E-state index contributed by atoms with van der Waals surface area (Å²) in [7, 11) is 0. The molecule has 0 radical (unpaired) electrons. The molecule has 1 saturated heterocycles. The molecule has 170 valence electrons. The molecule has 33 heavy (non-hydrogen) atoms. The molecule has 1 aromatic carbocycles. The van der Waals surface area contributed by atoms with Crippen molar-refractivity contribution in [2.24, 2.45) is 0 Å². The van der Waals surface area contributed by atoms with Gasteiger partial charge in [-0.15, -0.1) is 0 Å². The second kappa shape index (κ2) is 8.19. The molecule has 1 atom stereocenters. The zero-order chi connectivity index (χ0) is 23.2. The normalized spacial score (nSPS) is 18.9. The van der Waals surface area contributed by atoms with Crippen molar-refractivity contribution in [3.63, 3.8) is 0 Å². The number of hydrogen-bond acceptors (Lipinski definition) is 5. The number of morpholine rings is 1. The Balaban J connectivity index is 1.49. The number of ether oxygens (including phenoxy) is 1. The molecule has 3 aromatic rings. The van der Waals surface area contributed by atoms with E-state index in [1.165, 1.54) is 6.20 Å². The van der Waals surface area contributed by atoms with Gasteiger partial charge >= 0.3 is 0 Å². The highest BCUT2D eigenvalue weighted by Crippen LogP contribution is 2.45. The summed E-state index contributed by atoms with van der Waals surface area (Å²) in [5, 5.41) is 2.91. The Morgan fingerprint density at radius 2 is 2.03 bits per heavy atom. The van der Waals surface area contributed by atoms with Crippen LogP contribution >= 0.6 is 0 Å². The summed E-state index contributed by atoms with van der Waals surface area (Å²) in [5.41, 5.74) is 4.67. The van der Waals surface area contributed by atoms with Gasteiger partial charge in [0.05, 0.1) is 24.9 Å². The first-order valence-corrected chi connectivity index (χ1v) is 10.9. The number of anilines is 2. The highest BCUT2D eigenvalue weighted by atomic mass is 19.3. The van der Waals surface area contributed by atoms with E-state index in [-0.39, 0.29) is 30.7 Å². The summed E-state index contributed by atoms with van der Waals surface area (Å²) in [6.45, 7) is 5.11. The summed E-state index contributed by atoms with van der Waals surface area (Å²) in [6.07, 6.45) is 2.80. The zero-order valence-corrected chi connectivity index (χ0v) is 18.4. The molecule has 1 N–H and O–H groups in total. The second-order valence-corrected chi connectivity index (χ2v) is 8.59. The SMILES string of the molecule is Cc1cc(C(=O)Nc2ccc(C)c(-c3cnc4c(c3)N3CCOCC3CC4(F)F)c2)ccn1. The monoisotopic (exact) mass is 450 g/mol. The van der Waals surface area contributed by atoms with Gasteiger partial charge in [-0.2, -0.15) is 8.78 Å². The molecule has 0 spiro atoms. The molecular formula is C25H24F2N4O2. The number of aryl methyl sites for hydroxylation is 2. The molecule has 1 unspecified atom stereocenters. The van der Waals surface area contributed by atoms with Crippen molar-refractivity contribution in [2.75, 3.05) is 30.0 Å². The van der Waals surface area contributed by atoms with Crippen molar-refractivity contribution >= 4 is 17.3 Å². The third kappa shape index (κ3) is 4.06. The molecule has 2 aliphatic rings. The van der Waals surface area contributed by atoms with Crippen LogP contribution in [-0.4, -0.2) is 41.7 Å². The number of nitrogens with one attached hydrogen (secondary N) is 1. The van der Waals surface area contributed by atoms with Crippen molar-refractivity contribution < 1.29 is 18.3 Å². The highest BCUT2D eigenvalue weighted by Gasteiger charge is 2.47. The van der Waals surface area contributed by atoms with E-state index in [1.807, 2.05) is 36.9 Å². The molecular weight excluding hydrogens is 426 g/mol. The fourth-order valence-corrected chi connectivity index (χ4v) is 4.54. The van der Waals surface area contributed by atoms with E-state index in [0.717, 1.165) is 22.4 Å². The van der Waals surface area contributed by atoms with Crippen molar-refractivity contribution in [1.29, 1.82) is 0 Å². The minimum absolute atomic E-state index is 0.181. The predicted octanol–water partition coefficient (Wildman–Crippen LogP) is 4.71. The number of nitrogens with zero attached hydrogens (tertiary/aromatic N) is 3. The average molecular weight is 450 g/mol. The standard InChI is InChI=1S/C25H24F2N4O2/c1-15-3-4-19(30-24(32)17-5-6-28-16(2)9-17)11-21(15)18-10-22-23(29-13-18)25(26,27)12-20-14-33-8-7-31(20)22/h3-6,9-11,13,20H,7-8,12,14H2,1-2H3,(H,30,32). The van der Waals surface area contributed by atoms with Gasteiger partial charge in [-0.25, -0.2) is 0 Å². The van der Waals surface area contributed by atoms with Crippen LogP contribution in [0, 0.1) is 13.8 Å². The summed E-state index contributed by atoms with van der Waals surface area (Å²) >= 11 is 0. The van der Waals surface area contributed by atoms with Crippen molar-refractivity contribution in [3.05, 3.63) is 71.3 Å². The fourth-order valence-electron chi connectivity index (χ4n) is 4.54. The number of carbonyl (C=O) groups is 1. The number of fused-ring (bicyclic) bond motifs is 3. The molecule has 6 nitrogen and oxygen atoms in total. The number of rotatable bonds is 3. The Labute approximate surface area is 190 Å². The first-order chi connectivity index (χ1) is 15.8.